The second kappa shape index (κ2) is 6.67. The van der Waals surface area contributed by atoms with Crippen LogP contribution in [0, 0.1) is 0 Å². The third kappa shape index (κ3) is 4.53. The number of anilines is 2. The predicted molar refractivity (Wildman–Crippen MR) is 77.5 cm³/mol. The molecule has 0 aliphatic rings. The van der Waals surface area contributed by atoms with Gasteiger partial charge in [-0.15, -0.1) is 0 Å². The topological polar surface area (TPSA) is 47.0 Å². The van der Waals surface area contributed by atoms with Crippen LogP contribution in [-0.2, 0) is 0 Å². The van der Waals surface area contributed by atoms with Gasteiger partial charge in [-0.05, 0) is 24.3 Å². The summed E-state index contributed by atoms with van der Waals surface area (Å²) in [6.45, 7) is 1.09. The summed E-state index contributed by atoms with van der Waals surface area (Å²) in [6.07, 6.45) is 0. The Balaban J connectivity index is 2.14. The van der Waals surface area contributed by atoms with E-state index in [0.717, 1.165) is 0 Å². The number of rotatable bonds is 5. The number of alkyl halides is 2. The number of benzene rings is 1. The van der Waals surface area contributed by atoms with Gasteiger partial charge in [0.15, 0.2) is 0 Å². The molecule has 0 atom stereocenters. The molecule has 1 aromatic carbocycles. The van der Waals surface area contributed by atoms with Crippen molar-refractivity contribution in [1.29, 1.82) is 0 Å². The molecule has 0 spiro atoms. The molecule has 0 saturated carbocycles. The van der Waals surface area contributed by atoms with E-state index >= 15 is 0 Å². The van der Waals surface area contributed by atoms with Gasteiger partial charge in [-0.25, -0.2) is 9.97 Å². The Morgan fingerprint density at radius 3 is 2.38 bits per heavy atom. The molecule has 2 aromatic rings. The zero-order valence-electron chi connectivity index (χ0n) is 11.5. The number of nitrogens with zero attached hydrogens (tertiary/aromatic N) is 2. The fraction of sp³-hybridized carbons (Fsp3) is 0.286. The second-order valence-corrected chi connectivity index (χ2v) is 5.00. The molecule has 2 rings (SSSR count). The standard InChI is InChI=1S/C14H14ClF2N3O/c1-8(2)13-19-11(15)7-12(20-13)18-9-3-5-10(6-4-9)21-14(16)17/h3-8,14H,1-2H3,(H,18,19,20). The summed E-state index contributed by atoms with van der Waals surface area (Å²) in [4.78, 5) is 8.47. The molecule has 0 unspecified atom stereocenters. The van der Waals surface area contributed by atoms with Crippen LogP contribution in [0.3, 0.4) is 0 Å². The van der Waals surface area contributed by atoms with E-state index in [-0.39, 0.29) is 11.7 Å². The Hall–Kier alpha value is -1.95. The molecule has 0 aliphatic heterocycles. The van der Waals surface area contributed by atoms with Gasteiger partial charge in [0.25, 0.3) is 0 Å². The van der Waals surface area contributed by atoms with Crippen molar-refractivity contribution >= 4 is 23.1 Å². The van der Waals surface area contributed by atoms with Gasteiger partial charge >= 0.3 is 6.61 Å². The third-order valence-electron chi connectivity index (χ3n) is 2.58. The zero-order chi connectivity index (χ0) is 15.4. The van der Waals surface area contributed by atoms with Crippen molar-refractivity contribution in [3.8, 4) is 5.75 Å². The van der Waals surface area contributed by atoms with Gasteiger partial charge in [0.05, 0.1) is 0 Å². The van der Waals surface area contributed by atoms with Crippen LogP contribution in [0.5, 0.6) is 5.75 Å². The first kappa shape index (κ1) is 15.4. The lowest BCUT2D eigenvalue weighted by molar-refractivity contribution is -0.0498. The predicted octanol–water partition coefficient (Wildman–Crippen LogP) is 4.60. The molecule has 1 aromatic heterocycles. The second-order valence-electron chi connectivity index (χ2n) is 4.62. The quantitative estimate of drug-likeness (QED) is 0.820. The molecule has 4 nitrogen and oxygen atoms in total. The van der Waals surface area contributed by atoms with Crippen molar-refractivity contribution in [2.24, 2.45) is 0 Å². The van der Waals surface area contributed by atoms with Crippen LogP contribution >= 0.6 is 11.6 Å². The first-order valence-electron chi connectivity index (χ1n) is 6.30. The molecule has 0 fully saturated rings. The number of hydrogen-bond donors (Lipinski definition) is 1. The summed E-state index contributed by atoms with van der Waals surface area (Å²) in [7, 11) is 0. The molecule has 1 heterocycles. The van der Waals surface area contributed by atoms with Crippen LogP contribution in [0.1, 0.15) is 25.6 Å². The maximum Gasteiger partial charge on any atom is 0.387 e. The highest BCUT2D eigenvalue weighted by atomic mass is 35.5. The Bertz CT molecular complexity index is 606. The Morgan fingerprint density at radius 1 is 1.14 bits per heavy atom. The van der Waals surface area contributed by atoms with Crippen molar-refractivity contribution in [3.63, 3.8) is 0 Å². The molecular weight excluding hydrogens is 300 g/mol. The fourth-order valence-electron chi connectivity index (χ4n) is 1.63. The average molecular weight is 314 g/mol. The zero-order valence-corrected chi connectivity index (χ0v) is 12.2. The van der Waals surface area contributed by atoms with E-state index in [2.05, 4.69) is 20.0 Å². The molecule has 0 radical (unpaired) electrons. The lowest BCUT2D eigenvalue weighted by atomic mass is 10.2. The van der Waals surface area contributed by atoms with Crippen LogP contribution in [0.15, 0.2) is 30.3 Å². The summed E-state index contributed by atoms with van der Waals surface area (Å²) in [6, 6.07) is 7.71. The van der Waals surface area contributed by atoms with Crippen molar-refractivity contribution < 1.29 is 13.5 Å². The Labute approximate surface area is 126 Å². The maximum absolute atomic E-state index is 12.1. The van der Waals surface area contributed by atoms with Crippen LogP contribution in [0.25, 0.3) is 0 Å². The lowest BCUT2D eigenvalue weighted by Gasteiger charge is -2.10. The SMILES string of the molecule is CC(C)c1nc(Cl)cc(Nc2ccc(OC(F)F)cc2)n1. The van der Waals surface area contributed by atoms with E-state index in [1.54, 1.807) is 18.2 Å². The van der Waals surface area contributed by atoms with Gasteiger partial charge < -0.3 is 10.1 Å². The molecule has 0 bridgehead atoms. The minimum Gasteiger partial charge on any atom is -0.435 e. The van der Waals surface area contributed by atoms with Crippen molar-refractivity contribution in [3.05, 3.63) is 41.3 Å². The van der Waals surface area contributed by atoms with Crippen LogP contribution in [-0.4, -0.2) is 16.6 Å². The van der Waals surface area contributed by atoms with Gasteiger partial charge in [-0.3, -0.25) is 0 Å². The monoisotopic (exact) mass is 313 g/mol. The summed E-state index contributed by atoms with van der Waals surface area (Å²) in [5, 5.41) is 3.38. The molecule has 21 heavy (non-hydrogen) atoms. The first-order valence-corrected chi connectivity index (χ1v) is 6.68. The van der Waals surface area contributed by atoms with Gasteiger partial charge in [-0.2, -0.15) is 8.78 Å². The van der Waals surface area contributed by atoms with E-state index in [9.17, 15) is 8.78 Å². The molecule has 0 aliphatic carbocycles. The van der Waals surface area contributed by atoms with Crippen LogP contribution < -0.4 is 10.1 Å². The fourth-order valence-corrected chi connectivity index (χ4v) is 1.81. The lowest BCUT2D eigenvalue weighted by Crippen LogP contribution is -2.03. The summed E-state index contributed by atoms with van der Waals surface area (Å²) >= 11 is 5.95. The smallest absolute Gasteiger partial charge is 0.387 e. The van der Waals surface area contributed by atoms with E-state index in [1.807, 2.05) is 13.8 Å². The highest BCUT2D eigenvalue weighted by Crippen LogP contribution is 2.23. The average Bonchev–Trinajstić information content (AvgIpc) is 2.39. The minimum absolute atomic E-state index is 0.0964. The molecule has 0 saturated heterocycles. The van der Waals surface area contributed by atoms with Gasteiger partial charge in [0.1, 0.15) is 22.5 Å². The minimum atomic E-state index is -2.84. The van der Waals surface area contributed by atoms with Gasteiger partial charge in [-0.1, -0.05) is 25.4 Å². The number of halogens is 3. The number of ether oxygens (including phenoxy) is 1. The first-order chi connectivity index (χ1) is 9.94. The van der Waals surface area contributed by atoms with Crippen LogP contribution in [0.4, 0.5) is 20.3 Å². The van der Waals surface area contributed by atoms with E-state index < -0.39 is 6.61 Å². The number of hydrogen-bond acceptors (Lipinski definition) is 4. The van der Waals surface area contributed by atoms with E-state index in [4.69, 9.17) is 11.6 Å². The highest BCUT2D eigenvalue weighted by Gasteiger charge is 2.08. The van der Waals surface area contributed by atoms with Crippen LogP contribution in [0.2, 0.25) is 5.15 Å². The Kier molecular flexibility index (Phi) is 4.90. The van der Waals surface area contributed by atoms with E-state index in [1.165, 1.54) is 12.1 Å². The molecule has 1 N–H and O–H groups in total. The number of nitrogens with one attached hydrogen (secondary N) is 1. The number of aromatic nitrogens is 2. The van der Waals surface area contributed by atoms with Gasteiger partial charge in [0, 0.05) is 17.7 Å². The normalized spacial score (nSPS) is 11.0. The Morgan fingerprint density at radius 2 is 1.81 bits per heavy atom. The highest BCUT2D eigenvalue weighted by molar-refractivity contribution is 6.29. The summed E-state index contributed by atoms with van der Waals surface area (Å²) in [5.74, 6) is 1.41. The molecular formula is C14H14ClF2N3O. The molecule has 0 amide bonds. The third-order valence-corrected chi connectivity index (χ3v) is 2.77. The van der Waals surface area contributed by atoms with Crippen molar-refractivity contribution in [1.82, 2.24) is 9.97 Å². The van der Waals surface area contributed by atoms with Crippen molar-refractivity contribution in [2.75, 3.05) is 5.32 Å². The van der Waals surface area contributed by atoms with E-state index in [0.29, 0.717) is 22.5 Å². The molecule has 7 heteroatoms. The maximum atomic E-state index is 12.1. The largest absolute Gasteiger partial charge is 0.435 e. The summed E-state index contributed by atoms with van der Waals surface area (Å²) in [5.41, 5.74) is 0.682. The molecule has 112 valence electrons. The van der Waals surface area contributed by atoms with Crippen molar-refractivity contribution in [2.45, 2.75) is 26.4 Å². The summed E-state index contributed by atoms with van der Waals surface area (Å²) < 4.78 is 28.4. The van der Waals surface area contributed by atoms with Gasteiger partial charge in [0.2, 0.25) is 0 Å².